The number of anilines is 1. The van der Waals surface area contributed by atoms with E-state index in [1.807, 2.05) is 0 Å². The molecule has 35 heavy (non-hydrogen) atoms. The number of Topliss-reactive ketones (excluding diaryl/α,β-unsaturated/α-hetero) is 1. The maximum absolute atomic E-state index is 13.6. The maximum atomic E-state index is 13.6. The standard InChI is InChI=1S/C26H21ClFNO6/c1-33-19-7-5-4-6-16(19)23-22(24(30)17-12-21(35-3)18(27)13-20(17)34-2)25(31)26(32)29(23)15-10-8-14(28)9-11-15/h4-13,23,30H,1-3H3/b24-22+. The monoisotopic (exact) mass is 497 g/mol. The van der Waals surface area contributed by atoms with E-state index in [2.05, 4.69) is 0 Å². The number of rotatable bonds is 6. The highest BCUT2D eigenvalue weighted by molar-refractivity contribution is 6.51. The number of methoxy groups -OCH3 is 3. The van der Waals surface area contributed by atoms with E-state index < -0.39 is 29.3 Å². The molecular weight excluding hydrogens is 477 g/mol. The number of amides is 1. The highest BCUT2D eigenvalue weighted by atomic mass is 35.5. The first-order valence-electron chi connectivity index (χ1n) is 10.4. The molecule has 180 valence electrons. The molecular formula is C26H21ClFNO6. The molecule has 1 amide bonds. The number of hydrogen-bond donors (Lipinski definition) is 1. The van der Waals surface area contributed by atoms with E-state index in [4.69, 9.17) is 25.8 Å². The van der Waals surface area contributed by atoms with Gasteiger partial charge in [0.2, 0.25) is 0 Å². The average Bonchev–Trinajstić information content (AvgIpc) is 3.13. The van der Waals surface area contributed by atoms with Crippen LogP contribution in [0.3, 0.4) is 0 Å². The summed E-state index contributed by atoms with van der Waals surface area (Å²) in [4.78, 5) is 27.8. The Hall–Kier alpha value is -4.04. The SMILES string of the molecule is COc1cc(/C(O)=C2\C(=O)C(=O)N(c3ccc(F)cc3)C2c2ccccc2OC)c(OC)cc1Cl. The summed E-state index contributed by atoms with van der Waals surface area (Å²) in [6.07, 6.45) is 0. The highest BCUT2D eigenvalue weighted by Gasteiger charge is 2.48. The third kappa shape index (κ3) is 4.17. The number of ketones is 1. The van der Waals surface area contributed by atoms with Crippen LogP contribution in [0.2, 0.25) is 5.02 Å². The normalized spacial score (nSPS) is 16.9. The number of ether oxygens (including phenoxy) is 3. The molecule has 0 spiro atoms. The van der Waals surface area contributed by atoms with Crippen molar-refractivity contribution < 1.29 is 33.3 Å². The van der Waals surface area contributed by atoms with Gasteiger partial charge < -0.3 is 19.3 Å². The Morgan fingerprint density at radius 3 is 2.17 bits per heavy atom. The number of aliphatic hydroxyl groups excluding tert-OH is 1. The Morgan fingerprint density at radius 2 is 1.54 bits per heavy atom. The Bertz CT molecular complexity index is 1340. The second-order valence-corrected chi connectivity index (χ2v) is 7.98. The predicted molar refractivity (Wildman–Crippen MR) is 129 cm³/mol. The van der Waals surface area contributed by atoms with Crippen LogP contribution in [-0.2, 0) is 9.59 Å². The molecule has 1 aliphatic heterocycles. The lowest BCUT2D eigenvalue weighted by atomic mass is 9.94. The van der Waals surface area contributed by atoms with E-state index in [0.717, 1.165) is 0 Å². The number of carbonyl (C=O) groups excluding carboxylic acids is 2. The zero-order chi connectivity index (χ0) is 25.3. The number of benzene rings is 3. The Labute approximate surface area is 205 Å². The van der Waals surface area contributed by atoms with Crippen LogP contribution in [-0.4, -0.2) is 38.1 Å². The van der Waals surface area contributed by atoms with Crippen LogP contribution in [0.5, 0.6) is 17.2 Å². The van der Waals surface area contributed by atoms with Crippen LogP contribution in [0.15, 0.2) is 66.2 Å². The number of para-hydroxylation sites is 1. The van der Waals surface area contributed by atoms with Crippen molar-refractivity contribution in [3.8, 4) is 17.2 Å². The first kappa shape index (κ1) is 24.1. The van der Waals surface area contributed by atoms with Gasteiger partial charge in [-0.2, -0.15) is 0 Å². The van der Waals surface area contributed by atoms with Gasteiger partial charge in [0.05, 0.1) is 43.5 Å². The number of aliphatic hydroxyl groups is 1. The molecule has 0 aliphatic carbocycles. The van der Waals surface area contributed by atoms with E-state index in [0.29, 0.717) is 11.3 Å². The van der Waals surface area contributed by atoms with Gasteiger partial charge in [-0.1, -0.05) is 29.8 Å². The third-order valence-corrected chi connectivity index (χ3v) is 6.01. The summed E-state index contributed by atoms with van der Waals surface area (Å²) in [6, 6.07) is 13.7. The number of carbonyl (C=O) groups is 2. The summed E-state index contributed by atoms with van der Waals surface area (Å²) in [5.74, 6) is -2.03. The molecule has 0 bridgehead atoms. The lowest BCUT2D eigenvalue weighted by Crippen LogP contribution is -2.29. The molecule has 1 unspecified atom stereocenters. The zero-order valence-electron chi connectivity index (χ0n) is 19.0. The fourth-order valence-electron chi connectivity index (χ4n) is 4.08. The maximum Gasteiger partial charge on any atom is 0.300 e. The minimum absolute atomic E-state index is 0.103. The van der Waals surface area contributed by atoms with E-state index in [9.17, 15) is 19.1 Å². The summed E-state index contributed by atoms with van der Waals surface area (Å²) in [7, 11) is 4.24. The molecule has 9 heteroatoms. The van der Waals surface area contributed by atoms with Crippen LogP contribution in [0.1, 0.15) is 17.2 Å². The summed E-state index contributed by atoms with van der Waals surface area (Å²) < 4.78 is 29.7. The van der Waals surface area contributed by atoms with E-state index in [1.54, 1.807) is 24.3 Å². The minimum atomic E-state index is -1.08. The van der Waals surface area contributed by atoms with Gasteiger partial charge in [0.1, 0.15) is 28.8 Å². The Kier molecular flexibility index (Phi) is 6.66. The fourth-order valence-corrected chi connectivity index (χ4v) is 4.31. The smallest absolute Gasteiger partial charge is 0.300 e. The predicted octanol–water partition coefficient (Wildman–Crippen LogP) is 5.13. The van der Waals surface area contributed by atoms with Gasteiger partial charge in [0.15, 0.2) is 0 Å². The summed E-state index contributed by atoms with van der Waals surface area (Å²) in [5, 5.41) is 11.7. The number of halogens is 2. The molecule has 0 radical (unpaired) electrons. The molecule has 0 saturated carbocycles. The van der Waals surface area contributed by atoms with Crippen molar-refractivity contribution in [1.29, 1.82) is 0 Å². The van der Waals surface area contributed by atoms with Crippen molar-refractivity contribution in [1.82, 2.24) is 0 Å². The molecule has 1 heterocycles. The number of hydrogen-bond acceptors (Lipinski definition) is 6. The molecule has 4 rings (SSSR count). The third-order valence-electron chi connectivity index (χ3n) is 5.71. The first-order valence-corrected chi connectivity index (χ1v) is 10.8. The van der Waals surface area contributed by atoms with Crippen molar-refractivity contribution in [3.63, 3.8) is 0 Å². The molecule has 1 fully saturated rings. The lowest BCUT2D eigenvalue weighted by Gasteiger charge is -2.26. The van der Waals surface area contributed by atoms with E-state index in [1.165, 1.54) is 62.6 Å². The quantitative estimate of drug-likeness (QED) is 0.289. The zero-order valence-corrected chi connectivity index (χ0v) is 19.8. The van der Waals surface area contributed by atoms with Gasteiger partial charge in [-0.05, 0) is 36.4 Å². The van der Waals surface area contributed by atoms with Crippen LogP contribution in [0, 0.1) is 5.82 Å². The van der Waals surface area contributed by atoms with Crippen molar-refractivity contribution in [2.75, 3.05) is 26.2 Å². The molecule has 1 N–H and O–H groups in total. The van der Waals surface area contributed by atoms with Crippen LogP contribution in [0.25, 0.3) is 5.76 Å². The van der Waals surface area contributed by atoms with Gasteiger partial charge in [0.25, 0.3) is 11.7 Å². The van der Waals surface area contributed by atoms with Crippen molar-refractivity contribution >= 4 is 34.7 Å². The summed E-state index contributed by atoms with van der Waals surface area (Å²) in [5.41, 5.74) is 0.612. The minimum Gasteiger partial charge on any atom is -0.507 e. The summed E-state index contributed by atoms with van der Waals surface area (Å²) >= 11 is 6.20. The Balaban J connectivity index is 2.03. The highest BCUT2D eigenvalue weighted by Crippen LogP contribution is 2.46. The molecule has 3 aromatic carbocycles. The molecule has 3 aromatic rings. The van der Waals surface area contributed by atoms with Crippen LogP contribution >= 0.6 is 11.6 Å². The van der Waals surface area contributed by atoms with Gasteiger partial charge >= 0.3 is 0 Å². The van der Waals surface area contributed by atoms with Crippen molar-refractivity contribution in [3.05, 3.63) is 88.2 Å². The second-order valence-electron chi connectivity index (χ2n) is 7.57. The number of nitrogens with zero attached hydrogens (tertiary/aromatic N) is 1. The van der Waals surface area contributed by atoms with E-state index >= 15 is 0 Å². The molecule has 7 nitrogen and oxygen atoms in total. The van der Waals surface area contributed by atoms with E-state index in [-0.39, 0.29) is 33.3 Å². The topological polar surface area (TPSA) is 85.3 Å². The lowest BCUT2D eigenvalue weighted by molar-refractivity contribution is -0.132. The fraction of sp³-hybridized carbons (Fsp3) is 0.154. The largest absolute Gasteiger partial charge is 0.507 e. The molecule has 1 saturated heterocycles. The summed E-state index contributed by atoms with van der Waals surface area (Å²) in [6.45, 7) is 0. The van der Waals surface area contributed by atoms with Gasteiger partial charge in [-0.3, -0.25) is 14.5 Å². The van der Waals surface area contributed by atoms with Gasteiger partial charge in [0, 0.05) is 17.3 Å². The first-order chi connectivity index (χ1) is 16.8. The van der Waals surface area contributed by atoms with Gasteiger partial charge in [-0.25, -0.2) is 4.39 Å². The van der Waals surface area contributed by atoms with Crippen molar-refractivity contribution in [2.24, 2.45) is 0 Å². The average molecular weight is 498 g/mol. The van der Waals surface area contributed by atoms with Gasteiger partial charge in [-0.15, -0.1) is 0 Å². The Morgan fingerprint density at radius 1 is 0.914 bits per heavy atom. The second kappa shape index (κ2) is 9.68. The molecule has 0 aromatic heterocycles. The van der Waals surface area contributed by atoms with Crippen molar-refractivity contribution in [2.45, 2.75) is 6.04 Å². The molecule has 1 atom stereocenters. The van der Waals surface area contributed by atoms with Crippen LogP contribution < -0.4 is 19.1 Å². The molecule has 1 aliphatic rings. The van der Waals surface area contributed by atoms with Crippen LogP contribution in [0.4, 0.5) is 10.1 Å².